The fraction of sp³-hybridized carbons (Fsp3) is 0.688. The largest absolute Gasteiger partial charge is 0.257 e. The van der Waals surface area contributed by atoms with E-state index in [0.29, 0.717) is 6.42 Å². The molecule has 98 valence electrons. The van der Waals surface area contributed by atoms with Gasteiger partial charge in [0.25, 0.3) is 0 Å². The third-order valence-corrected chi connectivity index (χ3v) is 5.56. The van der Waals surface area contributed by atoms with Crippen LogP contribution in [0.4, 0.5) is 0 Å². The highest BCUT2D eigenvalue weighted by Crippen LogP contribution is 2.60. The van der Waals surface area contributed by atoms with Gasteiger partial charge in [0, 0.05) is 17.8 Å². The lowest BCUT2D eigenvalue weighted by molar-refractivity contribution is -0.00777. The van der Waals surface area contributed by atoms with E-state index in [1.165, 1.54) is 38.5 Å². The lowest BCUT2D eigenvalue weighted by Gasteiger charge is -2.56. The Bertz CT molecular complexity index is 508. The molecule has 4 aliphatic rings. The molecule has 19 heavy (non-hydrogen) atoms. The van der Waals surface area contributed by atoms with Crippen molar-refractivity contribution in [3.05, 3.63) is 23.8 Å². The van der Waals surface area contributed by atoms with E-state index in [1.54, 1.807) is 6.20 Å². The van der Waals surface area contributed by atoms with Crippen molar-refractivity contribution in [3.8, 4) is 6.07 Å². The zero-order valence-electron chi connectivity index (χ0n) is 11.2. The van der Waals surface area contributed by atoms with Crippen LogP contribution in [0, 0.1) is 29.1 Å². The molecule has 1 heterocycles. The minimum absolute atomic E-state index is 0.259. The van der Waals surface area contributed by atoms with Crippen LogP contribution in [0.2, 0.25) is 0 Å². The van der Waals surface area contributed by atoms with Gasteiger partial charge in [0.15, 0.2) is 0 Å². The van der Waals surface area contributed by atoms with Crippen LogP contribution in [-0.2, 0) is 11.8 Å². The molecule has 4 fully saturated rings. The van der Waals surface area contributed by atoms with Gasteiger partial charge in [-0.1, -0.05) is 0 Å². The molecule has 0 N–H and O–H groups in total. The first-order valence-electron chi connectivity index (χ1n) is 7.46. The molecule has 0 atom stereocenters. The van der Waals surface area contributed by atoms with Crippen LogP contribution in [0.5, 0.6) is 0 Å². The van der Waals surface area contributed by atoms with Crippen LogP contribution >= 0.6 is 0 Å². The SMILES string of the molecule is N#CCc1nccnc1C12CC3CC(CC(C3)C1)C2. The summed E-state index contributed by atoms with van der Waals surface area (Å²) in [5, 5.41) is 9.01. The summed E-state index contributed by atoms with van der Waals surface area (Å²) in [5.41, 5.74) is 2.36. The lowest BCUT2D eigenvalue weighted by Crippen LogP contribution is -2.49. The summed E-state index contributed by atoms with van der Waals surface area (Å²) in [5.74, 6) is 2.72. The fourth-order valence-corrected chi connectivity index (χ4v) is 5.41. The first-order valence-corrected chi connectivity index (χ1v) is 7.46. The Hall–Kier alpha value is -1.43. The molecule has 0 aromatic carbocycles. The minimum Gasteiger partial charge on any atom is -0.257 e. The molecule has 4 bridgehead atoms. The smallest absolute Gasteiger partial charge is 0.0793 e. The highest BCUT2D eigenvalue weighted by Gasteiger charge is 2.53. The van der Waals surface area contributed by atoms with Crippen molar-refractivity contribution in [2.75, 3.05) is 0 Å². The molecule has 1 aromatic heterocycles. The predicted octanol–water partition coefficient (Wildman–Crippen LogP) is 3.01. The quantitative estimate of drug-likeness (QED) is 0.814. The Labute approximate surface area is 114 Å². The van der Waals surface area contributed by atoms with E-state index < -0.39 is 0 Å². The first-order chi connectivity index (χ1) is 9.29. The van der Waals surface area contributed by atoms with Crippen molar-refractivity contribution in [2.45, 2.75) is 50.4 Å². The molecule has 0 spiro atoms. The summed E-state index contributed by atoms with van der Waals surface area (Å²) in [7, 11) is 0. The van der Waals surface area contributed by atoms with Crippen LogP contribution in [0.1, 0.15) is 49.9 Å². The van der Waals surface area contributed by atoms with Crippen molar-refractivity contribution in [1.29, 1.82) is 5.26 Å². The number of nitriles is 1. The van der Waals surface area contributed by atoms with Crippen molar-refractivity contribution < 1.29 is 0 Å². The van der Waals surface area contributed by atoms with Gasteiger partial charge in [-0.15, -0.1) is 0 Å². The van der Waals surface area contributed by atoms with E-state index in [4.69, 9.17) is 5.26 Å². The van der Waals surface area contributed by atoms with Crippen molar-refractivity contribution in [2.24, 2.45) is 17.8 Å². The third-order valence-electron chi connectivity index (χ3n) is 5.56. The van der Waals surface area contributed by atoms with Crippen molar-refractivity contribution >= 4 is 0 Å². The van der Waals surface area contributed by atoms with Gasteiger partial charge < -0.3 is 0 Å². The third kappa shape index (κ3) is 1.69. The van der Waals surface area contributed by atoms with Crippen molar-refractivity contribution in [1.82, 2.24) is 9.97 Å². The van der Waals surface area contributed by atoms with Gasteiger partial charge in [-0.2, -0.15) is 5.26 Å². The number of aromatic nitrogens is 2. The molecule has 0 amide bonds. The molecule has 0 aliphatic heterocycles. The molecule has 0 unspecified atom stereocenters. The highest BCUT2D eigenvalue weighted by atomic mass is 14.8. The second-order valence-electron chi connectivity index (χ2n) is 6.88. The molecule has 4 aliphatic carbocycles. The zero-order valence-corrected chi connectivity index (χ0v) is 11.2. The van der Waals surface area contributed by atoms with Crippen molar-refractivity contribution in [3.63, 3.8) is 0 Å². The van der Waals surface area contributed by atoms with Gasteiger partial charge in [0.05, 0.1) is 23.9 Å². The first kappa shape index (κ1) is 11.4. The van der Waals surface area contributed by atoms with Crippen LogP contribution < -0.4 is 0 Å². The molecular formula is C16H19N3. The molecule has 1 aromatic rings. The van der Waals surface area contributed by atoms with Gasteiger partial charge in [-0.05, 0) is 56.3 Å². The fourth-order valence-electron chi connectivity index (χ4n) is 5.41. The number of hydrogen-bond donors (Lipinski definition) is 0. The summed E-state index contributed by atoms with van der Waals surface area (Å²) >= 11 is 0. The number of nitrogens with zero attached hydrogens (tertiary/aromatic N) is 3. The van der Waals surface area contributed by atoms with Gasteiger partial charge in [0.2, 0.25) is 0 Å². The van der Waals surface area contributed by atoms with E-state index in [-0.39, 0.29) is 5.41 Å². The molecule has 3 heteroatoms. The van der Waals surface area contributed by atoms with Crippen LogP contribution in [0.15, 0.2) is 12.4 Å². The second-order valence-corrected chi connectivity index (χ2v) is 6.88. The molecule has 3 nitrogen and oxygen atoms in total. The predicted molar refractivity (Wildman–Crippen MR) is 71.2 cm³/mol. The van der Waals surface area contributed by atoms with Gasteiger partial charge in [-0.3, -0.25) is 9.97 Å². The maximum Gasteiger partial charge on any atom is 0.0793 e. The normalized spacial score (nSPS) is 39.2. The summed E-state index contributed by atoms with van der Waals surface area (Å²) in [6.07, 6.45) is 12.1. The van der Waals surface area contributed by atoms with Gasteiger partial charge >= 0.3 is 0 Å². The molecular weight excluding hydrogens is 234 g/mol. The van der Waals surface area contributed by atoms with Crippen LogP contribution in [0.25, 0.3) is 0 Å². The monoisotopic (exact) mass is 253 g/mol. The maximum atomic E-state index is 9.01. The summed E-state index contributed by atoms with van der Waals surface area (Å²) in [4.78, 5) is 9.11. The maximum absolute atomic E-state index is 9.01. The van der Waals surface area contributed by atoms with Gasteiger partial charge in [0.1, 0.15) is 0 Å². The number of rotatable bonds is 2. The average molecular weight is 253 g/mol. The standard InChI is InChI=1S/C16H19N3/c17-2-1-14-15(19-4-3-18-14)16-8-11-5-12(9-16)7-13(6-11)10-16/h3-4,11-13H,1,5-10H2. The Morgan fingerprint density at radius 2 is 1.63 bits per heavy atom. The van der Waals surface area contributed by atoms with Crippen LogP contribution in [0.3, 0.4) is 0 Å². The summed E-state index contributed by atoms with van der Waals surface area (Å²) in [6, 6.07) is 2.25. The summed E-state index contributed by atoms with van der Waals surface area (Å²) in [6.45, 7) is 0. The van der Waals surface area contributed by atoms with E-state index in [2.05, 4.69) is 16.0 Å². The molecule has 5 rings (SSSR count). The topological polar surface area (TPSA) is 49.6 Å². The number of hydrogen-bond acceptors (Lipinski definition) is 3. The molecule has 4 saturated carbocycles. The van der Waals surface area contributed by atoms with Gasteiger partial charge in [-0.25, -0.2) is 0 Å². The zero-order chi connectivity index (χ0) is 12.9. The van der Waals surface area contributed by atoms with E-state index >= 15 is 0 Å². The highest BCUT2D eigenvalue weighted by molar-refractivity contribution is 5.28. The van der Waals surface area contributed by atoms with E-state index in [0.717, 1.165) is 29.1 Å². The van der Waals surface area contributed by atoms with E-state index in [9.17, 15) is 0 Å². The Balaban J connectivity index is 1.78. The lowest BCUT2D eigenvalue weighted by atomic mass is 9.48. The second kappa shape index (κ2) is 4.03. The Morgan fingerprint density at radius 1 is 1.05 bits per heavy atom. The Morgan fingerprint density at radius 3 is 2.21 bits per heavy atom. The Kier molecular flexibility index (Phi) is 2.42. The average Bonchev–Trinajstić information content (AvgIpc) is 2.38. The summed E-state index contributed by atoms with van der Waals surface area (Å²) < 4.78 is 0. The molecule has 0 saturated heterocycles. The van der Waals surface area contributed by atoms with E-state index in [1.807, 2.05) is 6.20 Å². The van der Waals surface area contributed by atoms with Crippen LogP contribution in [-0.4, -0.2) is 9.97 Å². The minimum atomic E-state index is 0.259. The molecule has 0 radical (unpaired) electrons.